The maximum Gasteiger partial charge on any atom is 0.0717 e. The van der Waals surface area contributed by atoms with E-state index in [0.29, 0.717) is 26.4 Å². The second-order valence-electron chi connectivity index (χ2n) is 19.8. The van der Waals surface area contributed by atoms with Crippen molar-refractivity contribution in [1.82, 2.24) is 0 Å². The van der Waals surface area contributed by atoms with E-state index in [1.807, 2.05) is 12.2 Å². The van der Waals surface area contributed by atoms with Crippen LogP contribution in [0.25, 0.3) is 12.2 Å². The Morgan fingerprint density at radius 2 is 0.722 bits per heavy atom. The molecule has 1 aliphatic rings. The van der Waals surface area contributed by atoms with Crippen LogP contribution in [0, 0.1) is 27.7 Å². The first-order chi connectivity index (χ1) is 35.2. The number of ether oxygens (including phenoxy) is 2. The summed E-state index contributed by atoms with van der Waals surface area (Å²) in [4.78, 5) is 4.80. The van der Waals surface area contributed by atoms with E-state index < -0.39 is 0 Å². The minimum atomic E-state index is -0.0661. The number of nitrogens with zero attached hydrogens (tertiary/aromatic N) is 2. The van der Waals surface area contributed by atoms with Crippen LogP contribution in [0.2, 0.25) is 0 Å². The molecule has 0 N–H and O–H groups in total. The third-order valence-corrected chi connectivity index (χ3v) is 15.0. The zero-order valence-electron chi connectivity index (χ0n) is 42.9. The predicted octanol–water partition coefficient (Wildman–Crippen LogP) is 17.9. The normalized spacial score (nSPS) is 13.1. The second kappa shape index (κ2) is 23.3. The van der Waals surface area contributed by atoms with Gasteiger partial charge in [-0.2, -0.15) is 0 Å². The lowest BCUT2D eigenvalue weighted by molar-refractivity contribution is 0.124. The summed E-state index contributed by atoms with van der Waals surface area (Å²) >= 11 is 0. The molecule has 8 aromatic carbocycles. The van der Waals surface area contributed by atoms with Gasteiger partial charge >= 0.3 is 0 Å². The molecule has 4 nitrogen and oxygen atoms in total. The average Bonchev–Trinajstić information content (AvgIpc) is 3.42. The third kappa shape index (κ3) is 11.7. The van der Waals surface area contributed by atoms with Crippen molar-refractivity contribution in [3.8, 4) is 0 Å². The number of benzene rings is 8. The molecule has 0 unspecified atom stereocenters. The van der Waals surface area contributed by atoms with Crippen LogP contribution >= 0.6 is 0 Å². The molecule has 1 saturated carbocycles. The summed E-state index contributed by atoms with van der Waals surface area (Å²) in [5.74, 6) is 0. The zero-order valence-corrected chi connectivity index (χ0v) is 42.9. The van der Waals surface area contributed by atoms with Crippen molar-refractivity contribution in [3.05, 3.63) is 262 Å². The Bertz CT molecular complexity index is 2830. The number of rotatable bonds is 20. The highest BCUT2D eigenvalue weighted by molar-refractivity contribution is 5.79. The molecule has 0 aliphatic heterocycles. The first kappa shape index (κ1) is 49.7. The minimum Gasteiger partial charge on any atom is -0.376 e. The fraction of sp³-hybridized carbons (Fsp3) is 0.235. The van der Waals surface area contributed by atoms with Crippen molar-refractivity contribution < 1.29 is 9.47 Å². The molecule has 0 bridgehead atoms. The van der Waals surface area contributed by atoms with E-state index in [-0.39, 0.29) is 5.41 Å². The van der Waals surface area contributed by atoms with Crippen LogP contribution in [0.15, 0.2) is 195 Å². The summed E-state index contributed by atoms with van der Waals surface area (Å²) in [5, 5.41) is 0. The molecule has 0 amide bonds. The Morgan fingerprint density at radius 1 is 0.389 bits per heavy atom. The molecular formula is C68H70N2O2. The summed E-state index contributed by atoms with van der Waals surface area (Å²) in [6, 6.07) is 67.4. The highest BCUT2D eigenvalue weighted by Crippen LogP contribution is 2.47. The van der Waals surface area contributed by atoms with Crippen molar-refractivity contribution >= 4 is 46.3 Å². The molecule has 0 aromatic heterocycles. The van der Waals surface area contributed by atoms with Crippen molar-refractivity contribution in [2.24, 2.45) is 0 Å². The molecule has 0 saturated heterocycles. The Kier molecular flexibility index (Phi) is 16.1. The molecule has 0 atom stereocenters. The summed E-state index contributed by atoms with van der Waals surface area (Å²) in [6.07, 6.45) is 11.4. The van der Waals surface area contributed by atoms with Crippen molar-refractivity contribution in [1.29, 1.82) is 0 Å². The fourth-order valence-electron chi connectivity index (χ4n) is 10.3. The average molecular weight is 947 g/mol. The van der Waals surface area contributed by atoms with Crippen molar-refractivity contribution in [3.63, 3.8) is 0 Å². The Balaban J connectivity index is 0.940. The standard InChI is InChI=1S/C68H70N2O2/c1-7-54-14-18-58(19-15-54)48-71-44-40-56-22-32-62(33-23-56)69(66-30-12-50(3)52(5)46-66)64-36-26-60(27-37-64)68(42-10-9-11-43-68)61-28-38-65(39-29-61)70(67-31-13-51(4)53(6)47-67)63-34-24-57(25-35-63)41-45-72-49-59-20-16-55(8-2)17-21-59/h7-8,12-39,46-47H,1-2,9-11,40-45,48-49H2,3-6H3. The number of hydrogen-bond acceptors (Lipinski definition) is 4. The first-order valence-electron chi connectivity index (χ1n) is 25.9. The maximum atomic E-state index is 6.09. The lowest BCUT2D eigenvalue weighted by Crippen LogP contribution is -2.30. The monoisotopic (exact) mass is 947 g/mol. The quantitative estimate of drug-likeness (QED) is 0.0711. The van der Waals surface area contributed by atoms with Gasteiger partial charge < -0.3 is 19.3 Å². The third-order valence-electron chi connectivity index (χ3n) is 15.0. The van der Waals surface area contributed by atoms with Gasteiger partial charge in [0.25, 0.3) is 0 Å². The topological polar surface area (TPSA) is 24.9 Å². The Labute approximate surface area is 429 Å². The van der Waals surface area contributed by atoms with Crippen LogP contribution in [0.4, 0.5) is 34.1 Å². The van der Waals surface area contributed by atoms with Gasteiger partial charge in [0.2, 0.25) is 0 Å². The summed E-state index contributed by atoms with van der Waals surface area (Å²) in [5.41, 5.74) is 21.9. The van der Waals surface area contributed by atoms with Crippen LogP contribution in [0.5, 0.6) is 0 Å². The molecular weight excluding hydrogens is 877 g/mol. The van der Waals surface area contributed by atoms with E-state index in [1.165, 1.54) is 74.9 Å². The molecule has 8 aromatic rings. The fourth-order valence-corrected chi connectivity index (χ4v) is 10.3. The van der Waals surface area contributed by atoms with E-state index in [0.717, 1.165) is 70.9 Å². The molecule has 4 heteroatoms. The molecule has 0 radical (unpaired) electrons. The van der Waals surface area contributed by atoms with E-state index in [2.05, 4.69) is 233 Å². The van der Waals surface area contributed by atoms with Crippen LogP contribution in [0.3, 0.4) is 0 Å². The molecule has 0 spiro atoms. The van der Waals surface area contributed by atoms with Crippen LogP contribution in [-0.4, -0.2) is 13.2 Å². The molecule has 0 heterocycles. The number of anilines is 6. The smallest absolute Gasteiger partial charge is 0.0717 e. The van der Waals surface area contributed by atoms with Gasteiger partial charge in [-0.1, -0.05) is 154 Å². The van der Waals surface area contributed by atoms with Gasteiger partial charge in [0, 0.05) is 39.5 Å². The molecule has 1 aliphatic carbocycles. The van der Waals surface area contributed by atoms with Gasteiger partial charge in [0.15, 0.2) is 0 Å². The van der Waals surface area contributed by atoms with E-state index in [4.69, 9.17) is 9.47 Å². The van der Waals surface area contributed by atoms with Gasteiger partial charge in [-0.3, -0.25) is 0 Å². The van der Waals surface area contributed by atoms with E-state index in [9.17, 15) is 0 Å². The number of hydrogen-bond donors (Lipinski definition) is 0. The molecule has 9 rings (SSSR count). The maximum absolute atomic E-state index is 6.09. The highest BCUT2D eigenvalue weighted by atomic mass is 16.5. The second-order valence-corrected chi connectivity index (χ2v) is 19.8. The lowest BCUT2D eigenvalue weighted by Gasteiger charge is -2.39. The zero-order chi connectivity index (χ0) is 49.9. The highest BCUT2D eigenvalue weighted by Gasteiger charge is 2.36. The molecule has 1 fully saturated rings. The van der Waals surface area contributed by atoms with E-state index in [1.54, 1.807) is 0 Å². The minimum absolute atomic E-state index is 0.0661. The first-order valence-corrected chi connectivity index (χ1v) is 25.9. The Hall–Kier alpha value is -7.24. The predicted molar refractivity (Wildman–Crippen MR) is 305 cm³/mol. The van der Waals surface area contributed by atoms with Gasteiger partial charge in [-0.05, 0) is 193 Å². The van der Waals surface area contributed by atoms with Crippen LogP contribution in [0.1, 0.15) is 98.9 Å². The van der Waals surface area contributed by atoms with Crippen LogP contribution < -0.4 is 9.80 Å². The van der Waals surface area contributed by atoms with Crippen molar-refractivity contribution in [2.45, 2.75) is 91.3 Å². The summed E-state index contributed by atoms with van der Waals surface area (Å²) in [6.45, 7) is 19.0. The summed E-state index contributed by atoms with van der Waals surface area (Å²) in [7, 11) is 0. The van der Waals surface area contributed by atoms with Crippen LogP contribution in [-0.2, 0) is 40.9 Å². The van der Waals surface area contributed by atoms with Crippen molar-refractivity contribution in [2.75, 3.05) is 23.0 Å². The largest absolute Gasteiger partial charge is 0.376 e. The summed E-state index contributed by atoms with van der Waals surface area (Å²) < 4.78 is 12.2. The van der Waals surface area contributed by atoms with Gasteiger partial charge in [-0.25, -0.2) is 0 Å². The lowest BCUT2D eigenvalue weighted by atomic mass is 9.65. The molecule has 72 heavy (non-hydrogen) atoms. The molecule has 364 valence electrons. The van der Waals surface area contributed by atoms with E-state index >= 15 is 0 Å². The number of aryl methyl sites for hydroxylation is 4. The Morgan fingerprint density at radius 3 is 1.07 bits per heavy atom. The SMILES string of the molecule is C=Cc1ccc(COCCc2ccc(N(c3ccc(C4(c5ccc(N(c6ccc(CCOCc7ccc(C=C)cc7)cc6)c6ccc(C)c(C)c6)cc5)CCCCC4)cc3)c3ccc(C)c(C)c3)cc2)cc1. The van der Waals surface area contributed by atoms with Gasteiger partial charge in [0.05, 0.1) is 26.4 Å². The van der Waals surface area contributed by atoms with Gasteiger partial charge in [0.1, 0.15) is 0 Å². The van der Waals surface area contributed by atoms with Gasteiger partial charge in [-0.15, -0.1) is 0 Å².